The van der Waals surface area contributed by atoms with Gasteiger partial charge >= 0.3 is 6.09 Å². The Morgan fingerprint density at radius 3 is 2.39 bits per heavy atom. The van der Waals surface area contributed by atoms with Crippen molar-refractivity contribution in [2.45, 2.75) is 33.3 Å². The highest BCUT2D eigenvalue weighted by atomic mass is 19.1. The van der Waals surface area contributed by atoms with E-state index in [1.165, 1.54) is 6.07 Å². The molecular weight excluding hydrogens is 299 g/mol. The maximum Gasteiger partial charge on any atom is 0.410 e. The first-order valence-corrected chi connectivity index (χ1v) is 7.95. The minimum atomic E-state index is -0.505. The Morgan fingerprint density at radius 2 is 1.87 bits per heavy atom. The summed E-state index contributed by atoms with van der Waals surface area (Å²) in [4.78, 5) is 15.6. The fourth-order valence-corrected chi connectivity index (χ4v) is 2.46. The zero-order valence-electron chi connectivity index (χ0n) is 14.3. The average molecular weight is 324 g/mol. The predicted octanol–water partition coefficient (Wildman–Crippen LogP) is 3.28. The lowest BCUT2D eigenvalue weighted by molar-refractivity contribution is 0.0240. The molecule has 1 aliphatic heterocycles. The topological polar surface area (TPSA) is 42.0 Å². The van der Waals surface area contributed by atoms with Gasteiger partial charge in [0.2, 0.25) is 0 Å². The summed E-state index contributed by atoms with van der Waals surface area (Å²) in [5, 5.41) is 0. The normalized spacial score (nSPS) is 15.5. The van der Waals surface area contributed by atoms with Gasteiger partial charge in [0.05, 0.1) is 12.3 Å². The lowest BCUT2D eigenvalue weighted by Crippen LogP contribution is -2.50. The van der Waals surface area contributed by atoms with Crippen LogP contribution in [0.25, 0.3) is 0 Å². The van der Waals surface area contributed by atoms with Crippen LogP contribution in [0, 0.1) is 5.82 Å². The third-order valence-corrected chi connectivity index (χ3v) is 3.50. The monoisotopic (exact) mass is 324 g/mol. The van der Waals surface area contributed by atoms with Gasteiger partial charge in [0.25, 0.3) is 0 Å². The van der Waals surface area contributed by atoms with E-state index in [9.17, 15) is 9.18 Å². The number of amides is 1. The zero-order valence-corrected chi connectivity index (χ0v) is 14.3. The van der Waals surface area contributed by atoms with E-state index in [-0.39, 0.29) is 11.9 Å². The highest BCUT2D eigenvalue weighted by molar-refractivity contribution is 5.68. The second kappa shape index (κ2) is 7.06. The van der Waals surface area contributed by atoms with Gasteiger partial charge in [0.15, 0.2) is 0 Å². The van der Waals surface area contributed by atoms with Gasteiger partial charge in [0, 0.05) is 32.2 Å². The highest BCUT2D eigenvalue weighted by Crippen LogP contribution is 2.25. The number of hydrogen-bond donors (Lipinski definition) is 0. The van der Waals surface area contributed by atoms with Crippen LogP contribution in [0.3, 0.4) is 0 Å². The minimum absolute atomic E-state index is 0.304. The Labute approximate surface area is 137 Å². The Hall–Kier alpha value is -1.98. The largest absolute Gasteiger partial charge is 0.494 e. The number of hydrogen-bond acceptors (Lipinski definition) is 4. The molecule has 0 radical (unpaired) electrons. The molecular formula is C17H25FN2O3. The van der Waals surface area contributed by atoms with Crippen LogP contribution >= 0.6 is 0 Å². The van der Waals surface area contributed by atoms with Crippen LogP contribution < -0.4 is 9.64 Å². The van der Waals surface area contributed by atoms with Crippen LogP contribution in [0.2, 0.25) is 0 Å². The molecule has 0 atom stereocenters. The number of carbonyl (C=O) groups excluding carboxylic acids is 1. The summed E-state index contributed by atoms with van der Waals surface area (Å²) in [7, 11) is 0. The maximum atomic E-state index is 14.2. The number of carbonyl (C=O) groups is 1. The molecule has 5 nitrogen and oxygen atoms in total. The average Bonchev–Trinajstić information content (AvgIpc) is 2.46. The molecule has 1 aromatic rings. The summed E-state index contributed by atoms with van der Waals surface area (Å²) < 4.78 is 24.9. The Morgan fingerprint density at radius 1 is 1.22 bits per heavy atom. The Bertz CT molecular complexity index is 549. The molecule has 1 fully saturated rings. The Balaban J connectivity index is 1.95. The molecule has 0 bridgehead atoms. The number of nitrogens with zero attached hydrogens (tertiary/aromatic N) is 2. The molecule has 0 aliphatic carbocycles. The van der Waals surface area contributed by atoms with Gasteiger partial charge < -0.3 is 19.3 Å². The third kappa shape index (κ3) is 4.74. The molecule has 6 heteroatoms. The van der Waals surface area contributed by atoms with E-state index in [1.807, 2.05) is 32.6 Å². The number of rotatable bonds is 3. The van der Waals surface area contributed by atoms with E-state index in [0.29, 0.717) is 44.2 Å². The molecule has 1 amide bonds. The first-order valence-electron chi connectivity index (χ1n) is 7.95. The molecule has 1 saturated heterocycles. The standard InChI is InChI=1S/C17H25FN2O3/c1-5-22-13-6-7-15(14(18)12-13)19-8-10-20(11-9-19)16(21)23-17(2,3)4/h6-7,12H,5,8-11H2,1-4H3. The summed E-state index contributed by atoms with van der Waals surface area (Å²) in [6, 6.07) is 4.89. The summed E-state index contributed by atoms with van der Waals surface area (Å²) in [5.74, 6) is 0.225. The van der Waals surface area contributed by atoms with Crippen LogP contribution in [-0.2, 0) is 4.74 Å². The van der Waals surface area contributed by atoms with E-state index in [4.69, 9.17) is 9.47 Å². The molecule has 1 heterocycles. The first kappa shape index (κ1) is 17.4. The minimum Gasteiger partial charge on any atom is -0.494 e. The molecule has 1 aliphatic rings. The van der Waals surface area contributed by atoms with Crippen molar-refractivity contribution in [2.24, 2.45) is 0 Å². The zero-order chi connectivity index (χ0) is 17.0. The number of anilines is 1. The van der Waals surface area contributed by atoms with E-state index in [2.05, 4.69) is 0 Å². The van der Waals surface area contributed by atoms with Gasteiger partial charge in [-0.25, -0.2) is 9.18 Å². The number of benzene rings is 1. The molecule has 0 N–H and O–H groups in total. The summed E-state index contributed by atoms with van der Waals surface area (Å²) in [5.41, 5.74) is 0.0346. The van der Waals surface area contributed by atoms with Crippen LogP contribution in [0.15, 0.2) is 18.2 Å². The molecule has 0 saturated carbocycles. The highest BCUT2D eigenvalue weighted by Gasteiger charge is 2.26. The second-order valence-corrected chi connectivity index (χ2v) is 6.50. The Kier molecular flexibility index (Phi) is 5.34. The number of halogens is 1. The smallest absolute Gasteiger partial charge is 0.410 e. The van der Waals surface area contributed by atoms with Crippen molar-refractivity contribution in [3.05, 3.63) is 24.0 Å². The van der Waals surface area contributed by atoms with Crippen LogP contribution in [0.5, 0.6) is 5.75 Å². The molecule has 0 aromatic heterocycles. The van der Waals surface area contributed by atoms with Gasteiger partial charge in [-0.1, -0.05) is 0 Å². The lowest BCUT2D eigenvalue weighted by atomic mass is 10.2. The quantitative estimate of drug-likeness (QED) is 0.856. The van der Waals surface area contributed by atoms with Gasteiger partial charge in [-0.3, -0.25) is 0 Å². The summed E-state index contributed by atoms with van der Waals surface area (Å²) >= 11 is 0. The van der Waals surface area contributed by atoms with Crippen molar-refractivity contribution in [3.63, 3.8) is 0 Å². The molecule has 0 unspecified atom stereocenters. The SMILES string of the molecule is CCOc1ccc(N2CCN(C(=O)OC(C)(C)C)CC2)c(F)c1. The van der Waals surface area contributed by atoms with Crippen molar-refractivity contribution >= 4 is 11.8 Å². The molecule has 1 aromatic carbocycles. The third-order valence-electron chi connectivity index (χ3n) is 3.50. The first-order chi connectivity index (χ1) is 10.8. The van der Waals surface area contributed by atoms with Gasteiger partial charge in [0.1, 0.15) is 17.2 Å². The van der Waals surface area contributed by atoms with Gasteiger partial charge in [-0.2, -0.15) is 0 Å². The number of ether oxygens (including phenoxy) is 2. The van der Waals surface area contributed by atoms with Crippen LogP contribution in [-0.4, -0.2) is 49.4 Å². The maximum absolute atomic E-state index is 14.2. The van der Waals surface area contributed by atoms with E-state index >= 15 is 0 Å². The van der Waals surface area contributed by atoms with Crippen molar-refractivity contribution in [3.8, 4) is 5.75 Å². The van der Waals surface area contributed by atoms with E-state index in [1.54, 1.807) is 17.0 Å². The van der Waals surface area contributed by atoms with E-state index < -0.39 is 5.60 Å². The second-order valence-electron chi connectivity index (χ2n) is 6.50. The van der Waals surface area contributed by atoms with Gasteiger partial charge in [-0.15, -0.1) is 0 Å². The molecule has 23 heavy (non-hydrogen) atoms. The molecule has 128 valence electrons. The predicted molar refractivity (Wildman–Crippen MR) is 87.6 cm³/mol. The van der Waals surface area contributed by atoms with Gasteiger partial charge in [-0.05, 0) is 39.8 Å². The summed E-state index contributed by atoms with van der Waals surface area (Å²) in [6.45, 7) is 10.1. The van der Waals surface area contributed by atoms with E-state index in [0.717, 1.165) is 0 Å². The summed E-state index contributed by atoms with van der Waals surface area (Å²) in [6.07, 6.45) is -0.315. The van der Waals surface area contributed by atoms with Crippen LogP contribution in [0.4, 0.5) is 14.9 Å². The van der Waals surface area contributed by atoms with Crippen molar-refractivity contribution in [2.75, 3.05) is 37.7 Å². The van der Waals surface area contributed by atoms with Crippen molar-refractivity contribution in [1.29, 1.82) is 0 Å². The van der Waals surface area contributed by atoms with Crippen molar-refractivity contribution < 1.29 is 18.7 Å². The van der Waals surface area contributed by atoms with Crippen molar-refractivity contribution in [1.82, 2.24) is 4.90 Å². The molecule has 0 spiro atoms. The molecule has 2 rings (SSSR count). The lowest BCUT2D eigenvalue weighted by Gasteiger charge is -2.36. The number of piperazine rings is 1. The van der Waals surface area contributed by atoms with Crippen LogP contribution in [0.1, 0.15) is 27.7 Å². The fourth-order valence-electron chi connectivity index (χ4n) is 2.46. The fraction of sp³-hybridized carbons (Fsp3) is 0.588.